The lowest BCUT2D eigenvalue weighted by molar-refractivity contribution is -0.132. The Bertz CT molecular complexity index is 579. The summed E-state index contributed by atoms with van der Waals surface area (Å²) in [6.45, 7) is 2.81. The van der Waals surface area contributed by atoms with Gasteiger partial charge in [0.05, 0.1) is 0 Å². The fourth-order valence-electron chi connectivity index (χ4n) is 2.55. The molecule has 106 valence electrons. The summed E-state index contributed by atoms with van der Waals surface area (Å²) < 4.78 is 5.76. The van der Waals surface area contributed by atoms with E-state index >= 15 is 0 Å². The van der Waals surface area contributed by atoms with Gasteiger partial charge in [0, 0.05) is 23.9 Å². The first-order valence-corrected chi connectivity index (χ1v) is 7.89. The van der Waals surface area contributed by atoms with Crippen molar-refractivity contribution in [2.75, 3.05) is 6.54 Å². The van der Waals surface area contributed by atoms with Crippen molar-refractivity contribution in [3.8, 4) is 11.5 Å². The number of amides is 1. The summed E-state index contributed by atoms with van der Waals surface area (Å²) in [5.74, 6) is 1.29. The highest BCUT2D eigenvalue weighted by molar-refractivity contribution is 7.08. The summed E-state index contributed by atoms with van der Waals surface area (Å²) in [5, 5.41) is 12.2. The zero-order valence-electron chi connectivity index (χ0n) is 11.4. The van der Waals surface area contributed by atoms with Gasteiger partial charge in [-0.25, -0.2) is 0 Å². The lowest BCUT2D eigenvalue weighted by Gasteiger charge is -2.21. The van der Waals surface area contributed by atoms with Gasteiger partial charge in [0.25, 0.3) is 0 Å². The third-order valence-electron chi connectivity index (χ3n) is 3.53. The maximum atomic E-state index is 12.1. The highest BCUT2D eigenvalue weighted by Crippen LogP contribution is 2.33. The van der Waals surface area contributed by atoms with Gasteiger partial charge in [0.15, 0.2) is 0 Å². The van der Waals surface area contributed by atoms with E-state index in [0.717, 1.165) is 31.4 Å². The molecule has 3 heterocycles. The number of rotatable bonds is 4. The topological polar surface area (TPSA) is 59.2 Å². The van der Waals surface area contributed by atoms with E-state index in [2.05, 4.69) is 10.2 Å². The fraction of sp³-hybridized carbons (Fsp3) is 0.500. The van der Waals surface area contributed by atoms with E-state index in [4.69, 9.17) is 4.42 Å². The number of hydrogen-bond acceptors (Lipinski definition) is 5. The zero-order valence-corrected chi connectivity index (χ0v) is 12.2. The van der Waals surface area contributed by atoms with E-state index in [1.54, 1.807) is 11.3 Å². The average Bonchev–Trinajstić information content (AvgIpc) is 3.19. The summed E-state index contributed by atoms with van der Waals surface area (Å²) in [5.41, 5.74) is 0.943. The molecule has 6 heteroatoms. The van der Waals surface area contributed by atoms with Gasteiger partial charge >= 0.3 is 0 Å². The molecular weight excluding hydrogens is 274 g/mol. The summed E-state index contributed by atoms with van der Waals surface area (Å²) >= 11 is 1.60. The van der Waals surface area contributed by atoms with Crippen LogP contribution in [0.1, 0.15) is 44.5 Å². The van der Waals surface area contributed by atoms with E-state index in [9.17, 15) is 4.79 Å². The number of nitrogens with zero attached hydrogens (tertiary/aromatic N) is 3. The number of carbonyl (C=O) groups is 1. The first-order chi connectivity index (χ1) is 9.79. The third kappa shape index (κ3) is 2.47. The van der Waals surface area contributed by atoms with E-state index in [0.29, 0.717) is 18.2 Å². The lowest BCUT2D eigenvalue weighted by atomic mass is 10.2. The smallest absolute Gasteiger partial charge is 0.248 e. The van der Waals surface area contributed by atoms with Crippen LogP contribution in [0.15, 0.2) is 21.2 Å². The van der Waals surface area contributed by atoms with Gasteiger partial charge in [-0.15, -0.1) is 10.2 Å². The molecule has 0 spiro atoms. The van der Waals surface area contributed by atoms with E-state index in [1.165, 1.54) is 0 Å². The number of thiophene rings is 1. The second-order valence-electron chi connectivity index (χ2n) is 4.95. The molecule has 0 saturated carbocycles. The Morgan fingerprint density at radius 1 is 1.55 bits per heavy atom. The first kappa shape index (κ1) is 13.3. The van der Waals surface area contributed by atoms with Crippen LogP contribution in [0.25, 0.3) is 11.5 Å². The van der Waals surface area contributed by atoms with Crippen LogP contribution >= 0.6 is 11.3 Å². The quantitative estimate of drug-likeness (QED) is 0.867. The van der Waals surface area contributed by atoms with Crippen LogP contribution in [0.4, 0.5) is 0 Å². The van der Waals surface area contributed by atoms with E-state index in [1.807, 2.05) is 28.7 Å². The van der Waals surface area contributed by atoms with E-state index in [-0.39, 0.29) is 11.9 Å². The lowest BCUT2D eigenvalue weighted by Crippen LogP contribution is -2.30. The Labute approximate surface area is 121 Å². The molecule has 0 radical (unpaired) electrons. The first-order valence-electron chi connectivity index (χ1n) is 6.95. The summed E-state index contributed by atoms with van der Waals surface area (Å²) in [6, 6.07) is 1.91. The van der Waals surface area contributed by atoms with Gasteiger partial charge in [-0.3, -0.25) is 4.79 Å². The SMILES string of the molecule is CCCC(=O)N1CCC[C@H]1c1nnc(-c2ccsc2)o1. The molecule has 0 N–H and O–H groups in total. The molecule has 1 fully saturated rings. The van der Waals surface area contributed by atoms with Crippen molar-refractivity contribution in [1.29, 1.82) is 0 Å². The van der Waals surface area contributed by atoms with E-state index < -0.39 is 0 Å². The van der Waals surface area contributed by atoms with Crippen molar-refractivity contribution in [1.82, 2.24) is 15.1 Å². The van der Waals surface area contributed by atoms with Crippen LogP contribution in [0.5, 0.6) is 0 Å². The normalized spacial score (nSPS) is 18.6. The molecule has 0 unspecified atom stereocenters. The highest BCUT2D eigenvalue weighted by atomic mass is 32.1. The summed E-state index contributed by atoms with van der Waals surface area (Å²) in [4.78, 5) is 14.0. The minimum Gasteiger partial charge on any atom is -0.418 e. The van der Waals surface area contributed by atoms with Crippen molar-refractivity contribution >= 4 is 17.2 Å². The second-order valence-corrected chi connectivity index (χ2v) is 5.73. The molecule has 0 aliphatic carbocycles. The van der Waals surface area contributed by atoms with Crippen molar-refractivity contribution < 1.29 is 9.21 Å². The maximum Gasteiger partial charge on any atom is 0.248 e. The van der Waals surface area contributed by atoms with Crippen LogP contribution in [-0.4, -0.2) is 27.5 Å². The van der Waals surface area contributed by atoms with Gasteiger partial charge in [-0.1, -0.05) is 6.92 Å². The van der Waals surface area contributed by atoms with Crippen molar-refractivity contribution in [3.63, 3.8) is 0 Å². The van der Waals surface area contributed by atoms with Crippen LogP contribution < -0.4 is 0 Å². The number of aromatic nitrogens is 2. The van der Waals surface area contributed by atoms with Gasteiger partial charge in [0.1, 0.15) is 6.04 Å². The minimum atomic E-state index is -0.0473. The molecule has 1 aliphatic rings. The predicted octanol–water partition coefficient (Wildman–Crippen LogP) is 3.26. The van der Waals surface area contributed by atoms with Gasteiger partial charge in [0.2, 0.25) is 17.7 Å². The molecule has 2 aromatic rings. The highest BCUT2D eigenvalue weighted by Gasteiger charge is 2.33. The molecule has 5 nitrogen and oxygen atoms in total. The molecular formula is C14H17N3O2S. The molecule has 3 rings (SSSR count). The average molecular weight is 291 g/mol. The number of hydrogen-bond donors (Lipinski definition) is 0. The molecule has 0 bridgehead atoms. The Morgan fingerprint density at radius 3 is 3.20 bits per heavy atom. The molecule has 20 heavy (non-hydrogen) atoms. The van der Waals surface area contributed by atoms with Crippen LogP contribution in [0.3, 0.4) is 0 Å². The molecule has 0 aromatic carbocycles. The Hall–Kier alpha value is -1.69. The fourth-order valence-corrected chi connectivity index (χ4v) is 3.18. The Balaban J connectivity index is 1.80. The van der Waals surface area contributed by atoms with Gasteiger partial charge in [-0.05, 0) is 30.7 Å². The molecule has 1 saturated heterocycles. The van der Waals surface area contributed by atoms with Crippen LogP contribution in [0.2, 0.25) is 0 Å². The molecule has 2 aromatic heterocycles. The Kier molecular flexibility index (Phi) is 3.82. The standard InChI is InChI=1S/C14H17N3O2S/c1-2-4-12(18)17-7-3-5-11(17)14-16-15-13(19-14)10-6-8-20-9-10/h6,8-9,11H,2-5,7H2,1H3/t11-/m0/s1. The monoisotopic (exact) mass is 291 g/mol. The third-order valence-corrected chi connectivity index (χ3v) is 4.21. The van der Waals surface area contributed by atoms with Crippen molar-refractivity contribution in [2.24, 2.45) is 0 Å². The largest absolute Gasteiger partial charge is 0.418 e. The van der Waals surface area contributed by atoms with Crippen molar-refractivity contribution in [3.05, 3.63) is 22.7 Å². The summed E-state index contributed by atoms with van der Waals surface area (Å²) in [6.07, 6.45) is 3.35. The zero-order chi connectivity index (χ0) is 13.9. The Morgan fingerprint density at radius 2 is 2.45 bits per heavy atom. The maximum absolute atomic E-state index is 12.1. The minimum absolute atomic E-state index is 0.0473. The molecule has 1 aliphatic heterocycles. The molecule has 1 atom stereocenters. The van der Waals surface area contributed by atoms with Crippen LogP contribution in [-0.2, 0) is 4.79 Å². The van der Waals surface area contributed by atoms with Crippen LogP contribution in [0, 0.1) is 0 Å². The predicted molar refractivity (Wildman–Crippen MR) is 76.2 cm³/mol. The summed E-state index contributed by atoms with van der Waals surface area (Å²) in [7, 11) is 0. The number of carbonyl (C=O) groups excluding carboxylic acids is 1. The van der Waals surface area contributed by atoms with Gasteiger partial charge in [-0.2, -0.15) is 11.3 Å². The number of likely N-dealkylation sites (tertiary alicyclic amines) is 1. The van der Waals surface area contributed by atoms with Gasteiger partial charge < -0.3 is 9.32 Å². The van der Waals surface area contributed by atoms with Crippen molar-refractivity contribution in [2.45, 2.75) is 38.6 Å². The second kappa shape index (κ2) is 5.75. The molecule has 1 amide bonds.